The molecule has 3 rings (SSSR count). The summed E-state index contributed by atoms with van der Waals surface area (Å²) in [6, 6.07) is 0. The molecule has 168 valence electrons. The van der Waals surface area contributed by atoms with Crippen LogP contribution in [0, 0.1) is 11.3 Å². The summed E-state index contributed by atoms with van der Waals surface area (Å²) in [5.41, 5.74) is -0.558. The predicted molar refractivity (Wildman–Crippen MR) is 115 cm³/mol. The number of fused-ring (bicyclic) bond motifs is 1. The number of esters is 2. The summed E-state index contributed by atoms with van der Waals surface area (Å²) in [5.74, 6) is -0.963. The smallest absolute Gasteiger partial charge is 0.359 e. The number of nitrogens with zero attached hydrogens (tertiary/aromatic N) is 1. The summed E-state index contributed by atoms with van der Waals surface area (Å²) >= 11 is 2.78. The summed E-state index contributed by atoms with van der Waals surface area (Å²) in [6.07, 6.45) is 0.519. The van der Waals surface area contributed by atoms with E-state index in [1.54, 1.807) is 20.8 Å². The maximum atomic E-state index is 12.8. The third-order valence-electron chi connectivity index (χ3n) is 5.59. The molecule has 3 aliphatic rings. The Bertz CT molecular complexity index is 795. The predicted octanol–water partition coefficient (Wildman–Crippen LogP) is 1.80. The number of hydrogen-bond acceptors (Lipinski definition) is 9. The van der Waals surface area contributed by atoms with Crippen molar-refractivity contribution in [3.8, 4) is 0 Å². The van der Waals surface area contributed by atoms with Crippen LogP contribution in [-0.2, 0) is 34.7 Å². The van der Waals surface area contributed by atoms with Gasteiger partial charge in [-0.1, -0.05) is 18.7 Å². The second-order valence-corrected chi connectivity index (χ2v) is 12.5. The van der Waals surface area contributed by atoms with E-state index in [4.69, 9.17) is 9.47 Å². The Labute approximate surface area is 186 Å². The summed E-state index contributed by atoms with van der Waals surface area (Å²) < 4.78 is 22.6. The number of carbonyl (C=O) groups is 3. The van der Waals surface area contributed by atoms with Gasteiger partial charge in [0.1, 0.15) is 5.37 Å². The minimum Gasteiger partial charge on any atom is -0.427 e. The van der Waals surface area contributed by atoms with Crippen LogP contribution in [0.2, 0.25) is 0 Å². The molecule has 2 saturated heterocycles. The lowest BCUT2D eigenvalue weighted by Gasteiger charge is -2.43. The van der Waals surface area contributed by atoms with Gasteiger partial charge >= 0.3 is 11.9 Å². The second kappa shape index (κ2) is 9.22. The van der Waals surface area contributed by atoms with Gasteiger partial charge in [-0.2, -0.15) is 0 Å². The molecule has 0 saturated carbocycles. The van der Waals surface area contributed by atoms with Crippen molar-refractivity contribution in [2.24, 2.45) is 11.3 Å². The lowest BCUT2D eigenvalue weighted by Crippen LogP contribution is -2.60. The zero-order valence-corrected chi connectivity index (χ0v) is 19.9. The molecule has 11 heteroatoms. The maximum Gasteiger partial charge on any atom is 0.359 e. The molecular weight excluding hydrogens is 450 g/mol. The van der Waals surface area contributed by atoms with Crippen molar-refractivity contribution in [2.45, 2.75) is 57.3 Å². The molecule has 0 aromatic carbocycles. The van der Waals surface area contributed by atoms with Crippen LogP contribution >= 0.6 is 23.5 Å². The van der Waals surface area contributed by atoms with E-state index in [0.29, 0.717) is 22.2 Å². The van der Waals surface area contributed by atoms with Gasteiger partial charge in [-0.25, -0.2) is 4.79 Å². The molecule has 0 aliphatic carbocycles. The molecule has 0 radical (unpaired) electrons. The molecule has 30 heavy (non-hydrogen) atoms. The highest BCUT2D eigenvalue weighted by atomic mass is 32.2. The summed E-state index contributed by atoms with van der Waals surface area (Å²) in [7, 11) is -0.865. The minimum absolute atomic E-state index is 0.0955. The first-order valence-electron chi connectivity index (χ1n) is 9.85. The Hall–Kier alpha value is -1.04. The molecule has 0 bridgehead atoms. The summed E-state index contributed by atoms with van der Waals surface area (Å²) in [4.78, 5) is 38.8. The fourth-order valence-corrected chi connectivity index (χ4v) is 8.50. The molecule has 2 fully saturated rings. The molecule has 1 amide bonds. The minimum atomic E-state index is -0.865. The normalized spacial score (nSPS) is 29.5. The Morgan fingerprint density at radius 2 is 2.10 bits per heavy atom. The van der Waals surface area contributed by atoms with Crippen molar-refractivity contribution in [3.05, 3.63) is 9.93 Å². The molecule has 1 N–H and O–H groups in total. The van der Waals surface area contributed by atoms with Crippen molar-refractivity contribution in [3.63, 3.8) is 0 Å². The number of β-lactam (4-membered cyclic amide) rings is 1. The van der Waals surface area contributed by atoms with Crippen molar-refractivity contribution in [2.75, 3.05) is 18.3 Å². The van der Waals surface area contributed by atoms with E-state index in [1.165, 1.54) is 28.4 Å². The van der Waals surface area contributed by atoms with E-state index < -0.39 is 47.0 Å². The van der Waals surface area contributed by atoms with Crippen molar-refractivity contribution >= 4 is 52.2 Å². The Morgan fingerprint density at radius 1 is 1.40 bits per heavy atom. The summed E-state index contributed by atoms with van der Waals surface area (Å²) in [5, 5.41) is 9.65. The van der Waals surface area contributed by atoms with E-state index in [0.717, 1.165) is 6.42 Å². The first-order valence-corrected chi connectivity index (χ1v) is 13.1. The maximum absolute atomic E-state index is 12.8. The van der Waals surface area contributed by atoms with Gasteiger partial charge < -0.3 is 14.6 Å². The standard InChI is InChI=1S/C19H27NO7S3/c1-5-19(3,4)18(24)27-9-26-16(23)13-17(28-11-6-7-30(25)8-11)29-15-12(10(2)21)14(22)20(13)15/h10-12,15,21H,5-9H2,1-4H3/t10-,11+,12+,15-,30-/m1/s1. The highest BCUT2D eigenvalue weighted by molar-refractivity contribution is 8.23. The highest BCUT2D eigenvalue weighted by Crippen LogP contribution is 2.55. The second-order valence-electron chi connectivity index (χ2n) is 8.18. The van der Waals surface area contributed by atoms with E-state index in [1.807, 2.05) is 6.92 Å². The van der Waals surface area contributed by atoms with Gasteiger partial charge in [0.15, 0.2) is 5.70 Å². The monoisotopic (exact) mass is 477 g/mol. The van der Waals surface area contributed by atoms with Gasteiger partial charge in [-0.15, -0.1) is 11.8 Å². The number of carbonyl (C=O) groups excluding carboxylic acids is 3. The van der Waals surface area contributed by atoms with Crippen LogP contribution in [0.4, 0.5) is 0 Å². The zero-order valence-electron chi connectivity index (χ0n) is 17.4. The molecule has 3 heterocycles. The van der Waals surface area contributed by atoms with Gasteiger partial charge in [0.2, 0.25) is 12.7 Å². The van der Waals surface area contributed by atoms with Crippen molar-refractivity contribution < 1.29 is 33.2 Å². The Balaban J connectivity index is 1.71. The average Bonchev–Trinajstić information content (AvgIpc) is 3.22. The molecular formula is C19H27NO7S3. The lowest BCUT2D eigenvalue weighted by atomic mass is 9.91. The highest BCUT2D eigenvalue weighted by Gasteiger charge is 2.58. The fourth-order valence-electron chi connectivity index (χ4n) is 3.25. The first kappa shape index (κ1) is 23.6. The molecule has 3 aliphatic heterocycles. The van der Waals surface area contributed by atoms with E-state index >= 15 is 0 Å². The Kier molecular flexibility index (Phi) is 7.26. The number of amides is 1. The van der Waals surface area contributed by atoms with Crippen LogP contribution < -0.4 is 0 Å². The van der Waals surface area contributed by atoms with Gasteiger partial charge in [-0.05, 0) is 33.6 Å². The van der Waals surface area contributed by atoms with Gasteiger partial charge in [-0.3, -0.25) is 18.7 Å². The number of rotatable bonds is 8. The van der Waals surface area contributed by atoms with Gasteiger partial charge in [0.25, 0.3) is 0 Å². The first-order chi connectivity index (χ1) is 14.1. The summed E-state index contributed by atoms with van der Waals surface area (Å²) in [6.45, 7) is 6.37. The molecule has 0 spiro atoms. The SMILES string of the molecule is CCC(C)(C)C(=O)OCOC(=O)C1=C(S[C@H]2CC[S@@](=O)C2)S[C@@H]2[C@@H]([C@@H](C)O)C(=O)N12. The van der Waals surface area contributed by atoms with E-state index in [-0.39, 0.29) is 22.2 Å². The number of ether oxygens (including phenoxy) is 2. The quantitative estimate of drug-likeness (QED) is 0.318. The van der Waals surface area contributed by atoms with Gasteiger partial charge in [0.05, 0.1) is 21.7 Å². The van der Waals surface area contributed by atoms with E-state index in [2.05, 4.69) is 0 Å². The van der Waals surface area contributed by atoms with Crippen LogP contribution in [-0.4, -0.2) is 67.1 Å². The van der Waals surface area contributed by atoms with E-state index in [9.17, 15) is 23.7 Å². The molecule has 0 aromatic heterocycles. The van der Waals surface area contributed by atoms with Crippen LogP contribution in [0.3, 0.4) is 0 Å². The lowest BCUT2D eigenvalue weighted by molar-refractivity contribution is -0.175. The number of aliphatic hydroxyl groups is 1. The molecule has 0 unspecified atom stereocenters. The average molecular weight is 478 g/mol. The largest absolute Gasteiger partial charge is 0.427 e. The van der Waals surface area contributed by atoms with Crippen LogP contribution in [0.1, 0.15) is 40.5 Å². The van der Waals surface area contributed by atoms with Crippen molar-refractivity contribution in [1.82, 2.24) is 4.90 Å². The molecule has 5 atom stereocenters. The fraction of sp³-hybridized carbons (Fsp3) is 0.737. The molecule has 0 aromatic rings. The number of aliphatic hydroxyl groups excluding tert-OH is 1. The Morgan fingerprint density at radius 3 is 2.67 bits per heavy atom. The van der Waals surface area contributed by atoms with Crippen LogP contribution in [0.25, 0.3) is 0 Å². The van der Waals surface area contributed by atoms with Gasteiger partial charge in [0, 0.05) is 27.6 Å². The van der Waals surface area contributed by atoms with Crippen LogP contribution in [0.5, 0.6) is 0 Å². The van der Waals surface area contributed by atoms with Crippen molar-refractivity contribution in [1.29, 1.82) is 0 Å². The topological polar surface area (TPSA) is 110 Å². The third kappa shape index (κ3) is 4.58. The number of thioether (sulfide) groups is 2. The zero-order chi connectivity index (χ0) is 22.2. The number of hydrogen-bond donors (Lipinski definition) is 1. The van der Waals surface area contributed by atoms with Crippen LogP contribution in [0.15, 0.2) is 9.93 Å². The third-order valence-corrected chi connectivity index (χ3v) is 10.1. The molecule has 8 nitrogen and oxygen atoms in total.